The third kappa shape index (κ3) is 2.35. The fraction of sp³-hybridized carbons (Fsp3) is 0.615. The Morgan fingerprint density at radius 1 is 1.50 bits per heavy atom. The van der Waals surface area contributed by atoms with Crippen LogP contribution in [0.3, 0.4) is 0 Å². The van der Waals surface area contributed by atoms with E-state index >= 15 is 0 Å². The second kappa shape index (κ2) is 4.83. The lowest BCUT2D eigenvalue weighted by Gasteiger charge is -2.34. The molecule has 1 aliphatic rings. The summed E-state index contributed by atoms with van der Waals surface area (Å²) in [4.78, 5) is 6.86. The number of anilines is 1. The Hall–Kier alpha value is -1.09. The molecule has 1 unspecified atom stereocenters. The molecule has 2 atom stereocenters. The summed E-state index contributed by atoms with van der Waals surface area (Å²) in [5.74, 6) is 1.09. The molecule has 1 saturated heterocycles. The molecule has 0 aliphatic carbocycles. The van der Waals surface area contributed by atoms with Crippen LogP contribution in [0, 0.1) is 0 Å². The minimum absolute atomic E-state index is 0.0850. The van der Waals surface area contributed by atoms with Crippen LogP contribution in [0.1, 0.15) is 44.7 Å². The highest BCUT2D eigenvalue weighted by molar-refractivity contribution is 5.43. The van der Waals surface area contributed by atoms with Gasteiger partial charge >= 0.3 is 0 Å². The Kier molecular flexibility index (Phi) is 3.44. The van der Waals surface area contributed by atoms with Gasteiger partial charge in [0.2, 0.25) is 0 Å². The molecule has 0 amide bonds. The molecule has 1 aromatic rings. The lowest BCUT2D eigenvalue weighted by molar-refractivity contribution is 0.481. The van der Waals surface area contributed by atoms with Gasteiger partial charge in [0.05, 0.1) is 0 Å². The number of nitrogens with zero attached hydrogens (tertiary/aromatic N) is 2. The van der Waals surface area contributed by atoms with E-state index < -0.39 is 0 Å². The lowest BCUT2D eigenvalue weighted by atomic mass is 10.0. The van der Waals surface area contributed by atoms with Crippen molar-refractivity contribution in [3.63, 3.8) is 0 Å². The van der Waals surface area contributed by atoms with Crippen LogP contribution in [0.15, 0.2) is 18.3 Å². The predicted octanol–water partition coefficient (Wildman–Crippen LogP) is 2.48. The normalized spacial score (nSPS) is 23.2. The Morgan fingerprint density at radius 2 is 2.31 bits per heavy atom. The summed E-state index contributed by atoms with van der Waals surface area (Å²) in [5, 5.41) is 0. The molecule has 0 spiro atoms. The first-order valence-corrected chi connectivity index (χ1v) is 6.16. The summed E-state index contributed by atoms with van der Waals surface area (Å²) >= 11 is 0. The van der Waals surface area contributed by atoms with Crippen molar-refractivity contribution in [3.8, 4) is 0 Å². The van der Waals surface area contributed by atoms with Gasteiger partial charge in [-0.15, -0.1) is 0 Å². The summed E-state index contributed by atoms with van der Waals surface area (Å²) in [5.41, 5.74) is 7.07. The Morgan fingerprint density at radius 3 is 3.00 bits per heavy atom. The fourth-order valence-electron chi connectivity index (χ4n) is 2.31. The van der Waals surface area contributed by atoms with Crippen LogP contribution in [0.4, 0.5) is 5.82 Å². The number of nitrogens with two attached hydrogens (primary N) is 1. The van der Waals surface area contributed by atoms with Crippen LogP contribution in [-0.2, 0) is 0 Å². The molecule has 2 rings (SSSR count). The molecule has 1 aliphatic heterocycles. The predicted molar refractivity (Wildman–Crippen MR) is 67.5 cm³/mol. The van der Waals surface area contributed by atoms with Gasteiger partial charge in [0.15, 0.2) is 0 Å². The summed E-state index contributed by atoms with van der Waals surface area (Å²) < 4.78 is 0. The van der Waals surface area contributed by atoms with Gasteiger partial charge in [0.1, 0.15) is 5.82 Å². The molecule has 16 heavy (non-hydrogen) atoms. The minimum atomic E-state index is 0.0850. The highest BCUT2D eigenvalue weighted by atomic mass is 15.2. The largest absolute Gasteiger partial charge is 0.354 e. The molecule has 1 fully saturated rings. The van der Waals surface area contributed by atoms with E-state index in [1.54, 1.807) is 0 Å². The van der Waals surface area contributed by atoms with E-state index in [4.69, 9.17) is 5.73 Å². The quantitative estimate of drug-likeness (QED) is 0.831. The van der Waals surface area contributed by atoms with E-state index in [1.165, 1.54) is 24.8 Å². The number of pyridine rings is 1. The van der Waals surface area contributed by atoms with Crippen molar-refractivity contribution in [1.29, 1.82) is 0 Å². The molecule has 2 N–H and O–H groups in total. The smallest absolute Gasteiger partial charge is 0.129 e. The van der Waals surface area contributed by atoms with E-state index in [9.17, 15) is 0 Å². The molecule has 88 valence electrons. The van der Waals surface area contributed by atoms with Crippen LogP contribution in [0.5, 0.6) is 0 Å². The standard InChI is InChI=1S/C13H21N3/c1-10-5-3-4-8-16(10)13-9-12(11(2)14)6-7-15-13/h6-7,9-11H,3-5,8,14H2,1-2H3/t10?,11-/m1/s1. The fourth-order valence-corrected chi connectivity index (χ4v) is 2.31. The van der Waals surface area contributed by atoms with Gasteiger partial charge in [-0.1, -0.05) is 0 Å². The van der Waals surface area contributed by atoms with Crippen LogP contribution in [-0.4, -0.2) is 17.6 Å². The molecule has 2 heterocycles. The van der Waals surface area contributed by atoms with Crippen molar-refractivity contribution in [2.45, 2.75) is 45.2 Å². The van der Waals surface area contributed by atoms with Crippen LogP contribution in [0.2, 0.25) is 0 Å². The van der Waals surface area contributed by atoms with Gasteiger partial charge in [-0.3, -0.25) is 0 Å². The van der Waals surface area contributed by atoms with E-state index in [0.717, 1.165) is 12.4 Å². The van der Waals surface area contributed by atoms with Crippen LogP contribution >= 0.6 is 0 Å². The highest BCUT2D eigenvalue weighted by Crippen LogP contribution is 2.24. The third-order valence-corrected chi connectivity index (χ3v) is 3.39. The zero-order chi connectivity index (χ0) is 11.5. The summed E-state index contributed by atoms with van der Waals surface area (Å²) in [6.07, 6.45) is 5.75. The topological polar surface area (TPSA) is 42.1 Å². The van der Waals surface area contributed by atoms with Gasteiger partial charge in [-0.2, -0.15) is 0 Å². The van der Waals surface area contributed by atoms with Crippen molar-refractivity contribution < 1.29 is 0 Å². The van der Waals surface area contributed by atoms with Gasteiger partial charge in [-0.25, -0.2) is 4.98 Å². The molecular weight excluding hydrogens is 198 g/mol. The first-order chi connectivity index (χ1) is 7.68. The van der Waals surface area contributed by atoms with Gasteiger partial charge < -0.3 is 10.6 Å². The number of hydrogen-bond acceptors (Lipinski definition) is 3. The monoisotopic (exact) mass is 219 g/mol. The van der Waals surface area contributed by atoms with Crippen molar-refractivity contribution in [1.82, 2.24) is 4.98 Å². The van der Waals surface area contributed by atoms with Crippen LogP contribution < -0.4 is 10.6 Å². The minimum Gasteiger partial charge on any atom is -0.354 e. The van der Waals surface area contributed by atoms with E-state index in [-0.39, 0.29) is 6.04 Å². The molecule has 0 aromatic carbocycles. The Labute approximate surface area is 97.7 Å². The van der Waals surface area contributed by atoms with Gasteiger partial charge in [0, 0.05) is 24.8 Å². The Balaban J connectivity index is 2.21. The average molecular weight is 219 g/mol. The molecule has 3 nitrogen and oxygen atoms in total. The molecule has 0 bridgehead atoms. The maximum atomic E-state index is 5.90. The summed E-state index contributed by atoms with van der Waals surface area (Å²) in [7, 11) is 0. The molecule has 0 radical (unpaired) electrons. The maximum Gasteiger partial charge on any atom is 0.129 e. The highest BCUT2D eigenvalue weighted by Gasteiger charge is 2.19. The molecule has 3 heteroatoms. The first-order valence-electron chi connectivity index (χ1n) is 6.16. The summed E-state index contributed by atoms with van der Waals surface area (Å²) in [6, 6.07) is 4.82. The van der Waals surface area contributed by atoms with Crippen molar-refractivity contribution in [2.24, 2.45) is 5.73 Å². The van der Waals surface area contributed by atoms with E-state index in [1.807, 2.05) is 19.2 Å². The van der Waals surface area contributed by atoms with E-state index in [0.29, 0.717) is 6.04 Å². The second-order valence-corrected chi connectivity index (χ2v) is 4.77. The molecule has 0 saturated carbocycles. The summed E-state index contributed by atoms with van der Waals surface area (Å²) in [6.45, 7) is 5.41. The SMILES string of the molecule is CC1CCCCN1c1cc([C@@H](C)N)ccn1. The maximum absolute atomic E-state index is 5.90. The Bertz CT molecular complexity index is 349. The number of hydrogen-bond donors (Lipinski definition) is 1. The second-order valence-electron chi connectivity index (χ2n) is 4.77. The van der Waals surface area contributed by atoms with Crippen molar-refractivity contribution >= 4 is 5.82 Å². The lowest BCUT2D eigenvalue weighted by Crippen LogP contribution is -2.38. The zero-order valence-corrected chi connectivity index (χ0v) is 10.2. The zero-order valence-electron chi connectivity index (χ0n) is 10.2. The number of piperidine rings is 1. The molecular formula is C13H21N3. The van der Waals surface area contributed by atoms with E-state index in [2.05, 4.69) is 22.9 Å². The number of aromatic nitrogens is 1. The molecule has 1 aromatic heterocycles. The van der Waals surface area contributed by atoms with Crippen molar-refractivity contribution in [2.75, 3.05) is 11.4 Å². The van der Waals surface area contributed by atoms with Gasteiger partial charge in [-0.05, 0) is 50.8 Å². The van der Waals surface area contributed by atoms with Gasteiger partial charge in [0.25, 0.3) is 0 Å². The first kappa shape index (κ1) is 11.4. The number of rotatable bonds is 2. The van der Waals surface area contributed by atoms with Crippen LogP contribution in [0.25, 0.3) is 0 Å². The third-order valence-electron chi connectivity index (χ3n) is 3.39. The van der Waals surface area contributed by atoms with Crippen molar-refractivity contribution in [3.05, 3.63) is 23.9 Å². The average Bonchev–Trinajstić information content (AvgIpc) is 2.30.